The molecule has 8 heteroatoms. The van der Waals surface area contributed by atoms with Crippen molar-refractivity contribution in [2.45, 2.75) is 19.4 Å². The molecular weight excluding hydrogens is 396 g/mol. The highest BCUT2D eigenvalue weighted by Crippen LogP contribution is 2.25. The lowest BCUT2D eigenvalue weighted by Crippen LogP contribution is -2.22. The maximum Gasteiger partial charge on any atom is 0.276 e. The number of hydrogen-bond donors (Lipinski definition) is 1. The summed E-state index contributed by atoms with van der Waals surface area (Å²) < 4.78 is 7.04. The molecule has 1 fully saturated rings. The Balaban J connectivity index is 1.53. The van der Waals surface area contributed by atoms with Crippen molar-refractivity contribution in [2.75, 3.05) is 18.5 Å². The molecule has 1 unspecified atom stereocenters. The van der Waals surface area contributed by atoms with E-state index in [1.165, 1.54) is 6.20 Å². The summed E-state index contributed by atoms with van der Waals surface area (Å²) in [5.41, 5.74) is 1.92. The van der Waals surface area contributed by atoms with Crippen molar-refractivity contribution >= 4 is 34.7 Å². The van der Waals surface area contributed by atoms with Crippen LogP contribution in [0.4, 0.5) is 5.82 Å². The number of hydrogen-bond acceptors (Lipinski definition) is 5. The average Bonchev–Trinajstić information content (AvgIpc) is 3.43. The highest BCUT2D eigenvalue weighted by molar-refractivity contribution is 7.10. The van der Waals surface area contributed by atoms with Crippen LogP contribution < -0.4 is 5.32 Å². The van der Waals surface area contributed by atoms with Crippen LogP contribution in [0.5, 0.6) is 0 Å². The zero-order chi connectivity index (χ0) is 19.5. The van der Waals surface area contributed by atoms with E-state index in [1.54, 1.807) is 22.2 Å². The number of pyridine rings is 1. The van der Waals surface area contributed by atoms with Gasteiger partial charge in [-0.05, 0) is 36.4 Å². The van der Waals surface area contributed by atoms with Gasteiger partial charge in [-0.15, -0.1) is 11.3 Å². The fourth-order valence-corrected chi connectivity index (χ4v) is 3.76. The van der Waals surface area contributed by atoms with Gasteiger partial charge in [0.25, 0.3) is 5.91 Å². The van der Waals surface area contributed by atoms with Gasteiger partial charge in [0, 0.05) is 18.4 Å². The summed E-state index contributed by atoms with van der Waals surface area (Å²) in [7, 11) is 0. The molecule has 6 nitrogen and oxygen atoms in total. The molecule has 142 valence electrons. The zero-order valence-electron chi connectivity index (χ0n) is 15.1. The third-order valence-corrected chi connectivity index (χ3v) is 5.44. The number of aryl methyl sites for hydroxylation is 1. The molecule has 1 N–H and O–H groups in total. The minimum absolute atomic E-state index is 0.0113. The van der Waals surface area contributed by atoms with Gasteiger partial charge in [-0.3, -0.25) is 9.48 Å². The Hall–Kier alpha value is -2.66. The number of amides is 1. The molecule has 0 aliphatic carbocycles. The quantitative estimate of drug-likeness (QED) is 0.662. The number of carbonyl (C=O) groups excluding carboxylic acids is 1. The summed E-state index contributed by atoms with van der Waals surface area (Å²) in [5.74, 6) is 6.31. The van der Waals surface area contributed by atoms with Crippen LogP contribution in [-0.4, -0.2) is 33.9 Å². The molecule has 28 heavy (non-hydrogen) atoms. The number of thiophene rings is 1. The Morgan fingerprint density at radius 1 is 1.43 bits per heavy atom. The van der Waals surface area contributed by atoms with Gasteiger partial charge in [0.05, 0.1) is 28.7 Å². The van der Waals surface area contributed by atoms with Gasteiger partial charge in [-0.25, -0.2) is 4.98 Å². The highest BCUT2D eigenvalue weighted by atomic mass is 35.5. The number of ether oxygens (including phenoxy) is 1. The van der Waals surface area contributed by atoms with Crippen LogP contribution >= 0.6 is 22.9 Å². The monoisotopic (exact) mass is 412 g/mol. The van der Waals surface area contributed by atoms with E-state index in [4.69, 9.17) is 16.3 Å². The second kappa shape index (κ2) is 8.15. The average molecular weight is 413 g/mol. The van der Waals surface area contributed by atoms with Crippen molar-refractivity contribution < 1.29 is 9.53 Å². The van der Waals surface area contributed by atoms with Crippen molar-refractivity contribution in [3.8, 4) is 11.8 Å². The van der Waals surface area contributed by atoms with Crippen molar-refractivity contribution in [3.63, 3.8) is 0 Å². The Morgan fingerprint density at radius 2 is 2.32 bits per heavy atom. The molecular formula is C20H17ClN4O2S. The number of rotatable bonds is 3. The van der Waals surface area contributed by atoms with Crippen molar-refractivity contribution in [2.24, 2.45) is 0 Å². The molecule has 3 aromatic heterocycles. The minimum atomic E-state index is -0.345. The van der Waals surface area contributed by atoms with Gasteiger partial charge in [-0.2, -0.15) is 5.10 Å². The molecule has 1 amide bonds. The number of anilines is 1. The number of nitrogens with one attached hydrogen (secondary N) is 1. The number of carbonyl (C=O) groups is 1. The SMILES string of the molecule is Cc1cc(C#Cc2cccs2)cnc1NC(=O)c1c(Cl)cnn1C1CCOC1. The normalized spacial score (nSPS) is 15.9. The molecule has 0 spiro atoms. The Kier molecular flexibility index (Phi) is 5.44. The van der Waals surface area contributed by atoms with Crippen LogP contribution in [0.3, 0.4) is 0 Å². The van der Waals surface area contributed by atoms with E-state index in [9.17, 15) is 4.79 Å². The van der Waals surface area contributed by atoms with Crippen LogP contribution in [0.2, 0.25) is 5.02 Å². The third kappa shape index (κ3) is 3.94. The molecule has 0 aromatic carbocycles. The smallest absolute Gasteiger partial charge is 0.276 e. The van der Waals surface area contributed by atoms with E-state index in [1.807, 2.05) is 30.5 Å². The van der Waals surface area contributed by atoms with Gasteiger partial charge in [0.1, 0.15) is 11.5 Å². The van der Waals surface area contributed by atoms with Crippen molar-refractivity contribution in [1.82, 2.24) is 14.8 Å². The van der Waals surface area contributed by atoms with E-state index in [2.05, 4.69) is 27.2 Å². The van der Waals surface area contributed by atoms with Gasteiger partial charge in [-0.1, -0.05) is 29.5 Å². The summed E-state index contributed by atoms with van der Waals surface area (Å²) in [6.45, 7) is 3.05. The van der Waals surface area contributed by atoms with Gasteiger partial charge >= 0.3 is 0 Å². The van der Waals surface area contributed by atoms with Crippen LogP contribution in [0.15, 0.2) is 36.0 Å². The number of nitrogens with zero attached hydrogens (tertiary/aromatic N) is 3. The molecule has 4 heterocycles. The van der Waals surface area contributed by atoms with Crippen molar-refractivity contribution in [3.05, 3.63) is 62.7 Å². The summed E-state index contributed by atoms with van der Waals surface area (Å²) in [6, 6.07) is 5.84. The maximum atomic E-state index is 12.8. The zero-order valence-corrected chi connectivity index (χ0v) is 16.7. The van der Waals surface area contributed by atoms with Gasteiger partial charge in [0.15, 0.2) is 0 Å². The fraction of sp³-hybridized carbons (Fsp3) is 0.250. The molecule has 0 saturated carbocycles. The van der Waals surface area contributed by atoms with E-state index in [0.717, 1.165) is 22.4 Å². The van der Waals surface area contributed by atoms with Crippen LogP contribution in [0, 0.1) is 18.8 Å². The molecule has 0 radical (unpaired) electrons. The second-order valence-corrected chi connectivity index (χ2v) is 7.73. The molecule has 1 aliphatic heterocycles. The first-order valence-corrected chi connectivity index (χ1v) is 10.0. The van der Waals surface area contributed by atoms with E-state index < -0.39 is 0 Å². The lowest BCUT2D eigenvalue weighted by Gasteiger charge is -2.13. The molecule has 1 atom stereocenters. The maximum absolute atomic E-state index is 12.8. The van der Waals surface area contributed by atoms with Gasteiger partial charge < -0.3 is 10.1 Å². The largest absolute Gasteiger partial charge is 0.379 e. The molecule has 0 bridgehead atoms. The van der Waals surface area contributed by atoms with Crippen LogP contribution in [0.25, 0.3) is 0 Å². The topological polar surface area (TPSA) is 69.0 Å². The number of halogens is 1. The predicted octanol–water partition coefficient (Wildman–Crippen LogP) is 3.91. The first-order chi connectivity index (χ1) is 13.6. The van der Waals surface area contributed by atoms with Crippen LogP contribution in [0.1, 0.15) is 39.0 Å². The second-order valence-electron chi connectivity index (χ2n) is 6.37. The highest BCUT2D eigenvalue weighted by Gasteiger charge is 2.26. The van der Waals surface area contributed by atoms with E-state index in [-0.39, 0.29) is 11.9 Å². The third-order valence-electron chi connectivity index (χ3n) is 4.38. The van der Waals surface area contributed by atoms with Crippen LogP contribution in [-0.2, 0) is 4.74 Å². The molecule has 1 aliphatic rings. The Bertz CT molecular complexity index is 1060. The van der Waals surface area contributed by atoms with E-state index >= 15 is 0 Å². The predicted molar refractivity (Wildman–Crippen MR) is 109 cm³/mol. The Morgan fingerprint density at radius 3 is 3.04 bits per heavy atom. The van der Waals surface area contributed by atoms with Gasteiger partial charge in [0.2, 0.25) is 0 Å². The Labute approximate surface area is 171 Å². The fourth-order valence-electron chi connectivity index (χ4n) is 2.97. The summed E-state index contributed by atoms with van der Waals surface area (Å²) in [6.07, 6.45) is 3.93. The first kappa shape index (κ1) is 18.7. The number of aromatic nitrogens is 3. The summed E-state index contributed by atoms with van der Waals surface area (Å²) in [5, 5.41) is 9.38. The lowest BCUT2D eigenvalue weighted by atomic mass is 10.2. The molecule has 1 saturated heterocycles. The minimum Gasteiger partial charge on any atom is -0.379 e. The molecule has 3 aromatic rings. The standard InChI is InChI=1S/C20H17ClN4O2S/c1-13-9-14(4-5-16-3-2-8-28-16)10-22-19(13)24-20(26)18-17(21)11-23-25(18)15-6-7-27-12-15/h2-3,8-11,15H,6-7,12H2,1H3,(H,22,24,26). The molecule has 4 rings (SSSR count). The lowest BCUT2D eigenvalue weighted by molar-refractivity contribution is 0.101. The summed E-state index contributed by atoms with van der Waals surface area (Å²) in [4.78, 5) is 18.2. The summed E-state index contributed by atoms with van der Waals surface area (Å²) >= 11 is 7.81. The van der Waals surface area contributed by atoms with Crippen molar-refractivity contribution in [1.29, 1.82) is 0 Å². The van der Waals surface area contributed by atoms with E-state index in [0.29, 0.717) is 29.7 Å². The first-order valence-electron chi connectivity index (χ1n) is 8.76.